The molecule has 0 radical (unpaired) electrons. The minimum Gasteiger partial charge on any atom is -0.324 e. The van der Waals surface area contributed by atoms with Crippen molar-refractivity contribution in [1.29, 1.82) is 0 Å². The summed E-state index contributed by atoms with van der Waals surface area (Å²) in [6.07, 6.45) is 2.57. The standard InChI is InChI=1S/C10H11Br2N.ClH/c11-8-4-3-7(5-9(8)12)10(13)6-1-2-6;/h3-6,10H,1-2,13H2;1H/t10-;/m0./s1. The molecule has 0 amide bonds. The Morgan fingerprint density at radius 1 is 1.21 bits per heavy atom. The molecule has 1 aliphatic rings. The average Bonchev–Trinajstić information content (AvgIpc) is 2.91. The van der Waals surface area contributed by atoms with Crippen LogP contribution in [-0.2, 0) is 0 Å². The summed E-state index contributed by atoms with van der Waals surface area (Å²) < 4.78 is 2.17. The first-order valence-electron chi connectivity index (χ1n) is 4.39. The van der Waals surface area contributed by atoms with Gasteiger partial charge in [0.2, 0.25) is 0 Å². The molecule has 1 nitrogen and oxygen atoms in total. The van der Waals surface area contributed by atoms with Crippen molar-refractivity contribution in [1.82, 2.24) is 0 Å². The molecule has 4 heteroatoms. The molecule has 2 rings (SSSR count). The van der Waals surface area contributed by atoms with Gasteiger partial charge in [-0.05, 0) is 68.3 Å². The van der Waals surface area contributed by atoms with Crippen LogP contribution in [0.2, 0.25) is 0 Å². The maximum absolute atomic E-state index is 6.08. The van der Waals surface area contributed by atoms with E-state index in [9.17, 15) is 0 Å². The van der Waals surface area contributed by atoms with Crippen molar-refractivity contribution in [2.75, 3.05) is 0 Å². The Hall–Kier alpha value is 0.430. The van der Waals surface area contributed by atoms with Crippen LogP contribution in [-0.4, -0.2) is 0 Å². The highest BCUT2D eigenvalue weighted by Crippen LogP contribution is 2.40. The Morgan fingerprint density at radius 3 is 2.36 bits per heavy atom. The lowest BCUT2D eigenvalue weighted by Crippen LogP contribution is -2.12. The lowest BCUT2D eigenvalue weighted by molar-refractivity contribution is 0.633. The van der Waals surface area contributed by atoms with Crippen molar-refractivity contribution in [2.45, 2.75) is 18.9 Å². The molecule has 1 fully saturated rings. The molecule has 0 spiro atoms. The molecule has 0 aromatic heterocycles. The molecule has 0 aliphatic heterocycles. The third-order valence-corrected chi connectivity index (χ3v) is 4.34. The first-order chi connectivity index (χ1) is 6.18. The minimum atomic E-state index is 0. The summed E-state index contributed by atoms with van der Waals surface area (Å²) in [7, 11) is 0. The van der Waals surface area contributed by atoms with E-state index < -0.39 is 0 Å². The van der Waals surface area contributed by atoms with Gasteiger partial charge in [-0.1, -0.05) is 6.07 Å². The number of benzene rings is 1. The molecular weight excluding hydrogens is 329 g/mol. The number of halogens is 3. The summed E-state index contributed by atoms with van der Waals surface area (Å²) >= 11 is 6.92. The largest absolute Gasteiger partial charge is 0.324 e. The van der Waals surface area contributed by atoms with Gasteiger partial charge in [-0.2, -0.15) is 0 Å². The van der Waals surface area contributed by atoms with Gasteiger partial charge in [-0.3, -0.25) is 0 Å². The zero-order valence-corrected chi connectivity index (χ0v) is 11.5. The van der Waals surface area contributed by atoms with Crippen molar-refractivity contribution in [3.05, 3.63) is 32.7 Å². The lowest BCUT2D eigenvalue weighted by atomic mass is 10.0. The van der Waals surface area contributed by atoms with Crippen LogP contribution >= 0.6 is 44.3 Å². The summed E-state index contributed by atoms with van der Waals surface area (Å²) in [6.45, 7) is 0. The van der Waals surface area contributed by atoms with Gasteiger partial charge < -0.3 is 5.73 Å². The third-order valence-electron chi connectivity index (χ3n) is 2.46. The highest BCUT2D eigenvalue weighted by atomic mass is 79.9. The van der Waals surface area contributed by atoms with Crippen LogP contribution in [0, 0.1) is 5.92 Å². The summed E-state index contributed by atoms with van der Waals surface area (Å²) in [6, 6.07) is 6.47. The second kappa shape index (κ2) is 4.97. The molecule has 1 aromatic carbocycles. The molecule has 1 aliphatic carbocycles. The Bertz CT molecular complexity index is 326. The molecule has 2 N–H and O–H groups in total. The first kappa shape index (κ1) is 12.5. The van der Waals surface area contributed by atoms with Crippen LogP contribution in [0.4, 0.5) is 0 Å². The number of hydrogen-bond acceptors (Lipinski definition) is 1. The van der Waals surface area contributed by atoms with Gasteiger partial charge in [-0.15, -0.1) is 12.4 Å². The second-order valence-electron chi connectivity index (χ2n) is 3.54. The Kier molecular flexibility index (Phi) is 4.44. The van der Waals surface area contributed by atoms with Gasteiger partial charge in [0.15, 0.2) is 0 Å². The molecule has 1 aromatic rings. The molecule has 1 atom stereocenters. The molecule has 0 bridgehead atoms. The topological polar surface area (TPSA) is 26.0 Å². The summed E-state index contributed by atoms with van der Waals surface area (Å²) in [4.78, 5) is 0. The van der Waals surface area contributed by atoms with E-state index in [0.717, 1.165) is 8.95 Å². The van der Waals surface area contributed by atoms with Gasteiger partial charge in [0, 0.05) is 15.0 Å². The maximum Gasteiger partial charge on any atom is 0.0323 e. The monoisotopic (exact) mass is 339 g/mol. The van der Waals surface area contributed by atoms with Gasteiger partial charge >= 0.3 is 0 Å². The predicted octanol–water partition coefficient (Wildman–Crippen LogP) is 4.04. The van der Waals surface area contributed by atoms with Crippen molar-refractivity contribution >= 4 is 44.3 Å². The van der Waals surface area contributed by atoms with E-state index in [4.69, 9.17) is 5.73 Å². The van der Waals surface area contributed by atoms with E-state index in [2.05, 4.69) is 44.0 Å². The molecule has 0 heterocycles. The van der Waals surface area contributed by atoms with Crippen LogP contribution in [0.25, 0.3) is 0 Å². The highest BCUT2D eigenvalue weighted by molar-refractivity contribution is 9.13. The van der Waals surface area contributed by atoms with Crippen molar-refractivity contribution in [2.24, 2.45) is 11.7 Å². The fourth-order valence-corrected chi connectivity index (χ4v) is 2.09. The van der Waals surface area contributed by atoms with E-state index in [1.54, 1.807) is 0 Å². The highest BCUT2D eigenvalue weighted by Gasteiger charge is 2.29. The fourth-order valence-electron chi connectivity index (χ4n) is 1.45. The molecule has 0 unspecified atom stereocenters. The molecule has 1 saturated carbocycles. The van der Waals surface area contributed by atoms with E-state index in [-0.39, 0.29) is 18.4 Å². The Morgan fingerprint density at radius 2 is 1.86 bits per heavy atom. The number of nitrogens with two attached hydrogens (primary N) is 1. The van der Waals surface area contributed by atoms with Crippen molar-refractivity contribution < 1.29 is 0 Å². The smallest absolute Gasteiger partial charge is 0.0323 e. The van der Waals surface area contributed by atoms with Crippen LogP contribution in [0.3, 0.4) is 0 Å². The van der Waals surface area contributed by atoms with Crippen LogP contribution in [0.15, 0.2) is 27.1 Å². The lowest BCUT2D eigenvalue weighted by Gasteiger charge is -2.11. The predicted molar refractivity (Wildman–Crippen MR) is 68.7 cm³/mol. The SMILES string of the molecule is Cl.N[C@H](c1ccc(Br)c(Br)c1)C1CC1. The van der Waals surface area contributed by atoms with Gasteiger partial charge in [0.05, 0.1) is 0 Å². The average molecular weight is 341 g/mol. The van der Waals surface area contributed by atoms with Gasteiger partial charge in [-0.25, -0.2) is 0 Å². The summed E-state index contributed by atoms with van der Waals surface area (Å²) in [5.74, 6) is 0.716. The van der Waals surface area contributed by atoms with Crippen molar-refractivity contribution in [3.8, 4) is 0 Å². The molecular formula is C10H12Br2ClN. The Labute approximate surface area is 107 Å². The van der Waals surface area contributed by atoms with Gasteiger partial charge in [0.1, 0.15) is 0 Å². The minimum absolute atomic E-state index is 0. The Balaban J connectivity index is 0.000000980. The normalized spacial score (nSPS) is 17.4. The van der Waals surface area contributed by atoms with E-state index >= 15 is 0 Å². The quantitative estimate of drug-likeness (QED) is 0.863. The zero-order chi connectivity index (χ0) is 9.42. The number of rotatable bonds is 2. The summed E-state index contributed by atoms with van der Waals surface area (Å²) in [5.41, 5.74) is 7.32. The number of hydrogen-bond donors (Lipinski definition) is 1. The zero-order valence-electron chi connectivity index (χ0n) is 7.54. The molecule has 0 saturated heterocycles. The molecule has 78 valence electrons. The van der Waals surface area contributed by atoms with Crippen LogP contribution in [0.5, 0.6) is 0 Å². The second-order valence-corrected chi connectivity index (χ2v) is 5.25. The van der Waals surface area contributed by atoms with Crippen LogP contribution in [0.1, 0.15) is 24.4 Å². The van der Waals surface area contributed by atoms with Crippen molar-refractivity contribution in [3.63, 3.8) is 0 Å². The van der Waals surface area contributed by atoms with Crippen LogP contribution < -0.4 is 5.73 Å². The first-order valence-corrected chi connectivity index (χ1v) is 5.97. The fraction of sp³-hybridized carbons (Fsp3) is 0.400. The van der Waals surface area contributed by atoms with E-state index in [1.807, 2.05) is 6.07 Å². The van der Waals surface area contributed by atoms with E-state index in [0.29, 0.717) is 5.92 Å². The van der Waals surface area contributed by atoms with E-state index in [1.165, 1.54) is 18.4 Å². The maximum atomic E-state index is 6.08. The molecule has 14 heavy (non-hydrogen) atoms. The summed E-state index contributed by atoms with van der Waals surface area (Å²) in [5, 5.41) is 0. The third kappa shape index (κ3) is 2.72. The van der Waals surface area contributed by atoms with Gasteiger partial charge in [0.25, 0.3) is 0 Å².